The zero-order valence-corrected chi connectivity index (χ0v) is 15.1. The van der Waals surface area contributed by atoms with Gasteiger partial charge in [-0.3, -0.25) is 9.89 Å². The number of aryl methyl sites for hydroxylation is 2. The molecule has 0 spiro atoms. The van der Waals surface area contributed by atoms with Crippen molar-refractivity contribution in [2.75, 3.05) is 26.2 Å². The molecule has 1 aromatic rings. The number of nitrogens with zero attached hydrogens (tertiary/aromatic N) is 3. The zero-order chi connectivity index (χ0) is 17.2. The maximum atomic E-state index is 12.9. The van der Waals surface area contributed by atoms with Crippen molar-refractivity contribution in [1.82, 2.24) is 19.4 Å². The van der Waals surface area contributed by atoms with E-state index >= 15 is 0 Å². The summed E-state index contributed by atoms with van der Waals surface area (Å²) in [6.07, 6.45) is 1.16. The third-order valence-electron chi connectivity index (χ3n) is 4.05. The normalized spacial score (nSPS) is 17.5. The smallest absolute Gasteiger partial charge is 0.246 e. The van der Waals surface area contributed by atoms with Gasteiger partial charge >= 0.3 is 0 Å². The Balaban J connectivity index is 2.13. The highest BCUT2D eigenvalue weighted by molar-refractivity contribution is 7.89. The summed E-state index contributed by atoms with van der Waals surface area (Å²) in [6, 6.07) is 0. The molecule has 130 valence electrons. The molecule has 0 saturated carbocycles. The molecular weight excluding hydrogens is 316 g/mol. The number of H-pyrrole nitrogens is 1. The van der Waals surface area contributed by atoms with Gasteiger partial charge in [-0.25, -0.2) is 8.42 Å². The molecule has 1 saturated heterocycles. The van der Waals surface area contributed by atoms with Gasteiger partial charge in [0.2, 0.25) is 15.9 Å². The average molecular weight is 342 g/mol. The lowest BCUT2D eigenvalue weighted by atomic mass is 10.1. The highest BCUT2D eigenvalue weighted by Crippen LogP contribution is 2.23. The quantitative estimate of drug-likeness (QED) is 0.893. The minimum absolute atomic E-state index is 0.106. The number of carbonyl (C=O) groups excluding carboxylic acids is 1. The standard InChI is InChI=1S/C15H26N4O3S/c1-11(2)10-14(20)18-6-5-7-19(9-8-18)23(21,22)15-12(3)16-17-13(15)4/h11H,5-10H2,1-4H3,(H,16,17). The molecule has 1 fully saturated rings. The minimum atomic E-state index is -3.57. The Morgan fingerprint density at radius 1 is 1.22 bits per heavy atom. The van der Waals surface area contributed by atoms with Crippen LogP contribution in [0.25, 0.3) is 0 Å². The third kappa shape index (κ3) is 3.92. The van der Waals surface area contributed by atoms with Gasteiger partial charge in [0.05, 0.1) is 11.4 Å². The van der Waals surface area contributed by atoms with Crippen LogP contribution in [0, 0.1) is 19.8 Å². The zero-order valence-electron chi connectivity index (χ0n) is 14.3. The van der Waals surface area contributed by atoms with Crippen LogP contribution in [-0.2, 0) is 14.8 Å². The van der Waals surface area contributed by atoms with E-state index in [2.05, 4.69) is 10.2 Å². The predicted octanol–water partition coefficient (Wildman–Crippen LogP) is 1.30. The van der Waals surface area contributed by atoms with E-state index in [9.17, 15) is 13.2 Å². The van der Waals surface area contributed by atoms with E-state index < -0.39 is 10.0 Å². The molecule has 0 aliphatic carbocycles. The first-order chi connectivity index (χ1) is 10.7. The van der Waals surface area contributed by atoms with E-state index in [1.165, 1.54) is 4.31 Å². The van der Waals surface area contributed by atoms with E-state index in [1.807, 2.05) is 13.8 Å². The molecule has 0 atom stereocenters. The maximum absolute atomic E-state index is 12.9. The first-order valence-electron chi connectivity index (χ1n) is 8.03. The van der Waals surface area contributed by atoms with Crippen molar-refractivity contribution in [1.29, 1.82) is 0 Å². The molecule has 1 aliphatic heterocycles. The lowest BCUT2D eigenvalue weighted by Crippen LogP contribution is -2.37. The van der Waals surface area contributed by atoms with Crippen molar-refractivity contribution >= 4 is 15.9 Å². The van der Waals surface area contributed by atoms with Gasteiger partial charge in [0.25, 0.3) is 0 Å². The summed E-state index contributed by atoms with van der Waals surface area (Å²) in [5, 5.41) is 6.71. The lowest BCUT2D eigenvalue weighted by molar-refractivity contribution is -0.131. The van der Waals surface area contributed by atoms with Gasteiger partial charge in [0.15, 0.2) is 0 Å². The summed E-state index contributed by atoms with van der Waals surface area (Å²) in [4.78, 5) is 14.2. The molecule has 2 heterocycles. The van der Waals surface area contributed by atoms with Crippen LogP contribution in [0.15, 0.2) is 4.90 Å². The number of nitrogens with one attached hydrogen (secondary N) is 1. The number of sulfonamides is 1. The highest BCUT2D eigenvalue weighted by atomic mass is 32.2. The van der Waals surface area contributed by atoms with E-state index in [-0.39, 0.29) is 10.8 Å². The highest BCUT2D eigenvalue weighted by Gasteiger charge is 2.31. The molecule has 0 unspecified atom stereocenters. The Morgan fingerprint density at radius 2 is 1.91 bits per heavy atom. The molecule has 1 aromatic heterocycles. The number of hydrogen-bond donors (Lipinski definition) is 1. The van der Waals surface area contributed by atoms with Crippen LogP contribution in [0.3, 0.4) is 0 Å². The fourth-order valence-electron chi connectivity index (χ4n) is 2.91. The van der Waals surface area contributed by atoms with Crippen molar-refractivity contribution in [2.24, 2.45) is 5.92 Å². The molecule has 1 N–H and O–H groups in total. The first kappa shape index (κ1) is 17.9. The Hall–Kier alpha value is -1.41. The number of hydrogen-bond acceptors (Lipinski definition) is 4. The predicted molar refractivity (Wildman–Crippen MR) is 87.5 cm³/mol. The van der Waals surface area contributed by atoms with E-state index in [0.29, 0.717) is 56.3 Å². The second-order valence-corrected chi connectivity index (χ2v) is 8.37. The second kappa shape index (κ2) is 7.00. The molecule has 0 bridgehead atoms. The SMILES string of the molecule is Cc1n[nH]c(C)c1S(=O)(=O)N1CCCN(C(=O)CC(C)C)CC1. The summed E-state index contributed by atoms with van der Waals surface area (Å²) in [7, 11) is -3.57. The van der Waals surface area contributed by atoms with E-state index in [4.69, 9.17) is 0 Å². The van der Waals surface area contributed by atoms with Gasteiger partial charge < -0.3 is 4.90 Å². The Bertz CT molecular complexity index is 647. The molecular formula is C15H26N4O3S. The summed E-state index contributed by atoms with van der Waals surface area (Å²) in [5.41, 5.74) is 1.04. The van der Waals surface area contributed by atoms with Crippen LogP contribution < -0.4 is 0 Å². The molecule has 7 nitrogen and oxygen atoms in total. The lowest BCUT2D eigenvalue weighted by Gasteiger charge is -2.22. The van der Waals surface area contributed by atoms with Crippen LogP contribution >= 0.6 is 0 Å². The summed E-state index contributed by atoms with van der Waals surface area (Å²) >= 11 is 0. The fourth-order valence-corrected chi connectivity index (χ4v) is 4.71. The fraction of sp³-hybridized carbons (Fsp3) is 0.733. The van der Waals surface area contributed by atoms with Crippen molar-refractivity contribution in [3.05, 3.63) is 11.4 Å². The summed E-state index contributed by atoms with van der Waals surface area (Å²) < 4.78 is 27.2. The van der Waals surface area contributed by atoms with Crippen molar-refractivity contribution < 1.29 is 13.2 Å². The van der Waals surface area contributed by atoms with Gasteiger partial charge in [-0.2, -0.15) is 9.40 Å². The average Bonchev–Trinajstić information content (AvgIpc) is 2.66. The Kier molecular flexibility index (Phi) is 5.46. The van der Waals surface area contributed by atoms with Crippen molar-refractivity contribution in [2.45, 2.75) is 45.4 Å². The van der Waals surface area contributed by atoms with Crippen LogP contribution in [0.1, 0.15) is 38.1 Å². The van der Waals surface area contributed by atoms with Crippen LogP contribution in [0.4, 0.5) is 0 Å². The number of aromatic amines is 1. The van der Waals surface area contributed by atoms with Crippen LogP contribution in [-0.4, -0.2) is 59.9 Å². The summed E-state index contributed by atoms with van der Waals surface area (Å²) in [6.45, 7) is 9.24. The molecule has 8 heteroatoms. The van der Waals surface area contributed by atoms with E-state index in [1.54, 1.807) is 18.7 Å². The van der Waals surface area contributed by atoms with Gasteiger partial charge in [-0.15, -0.1) is 0 Å². The van der Waals surface area contributed by atoms with E-state index in [0.717, 1.165) is 0 Å². The number of rotatable bonds is 4. The minimum Gasteiger partial charge on any atom is -0.341 e. The van der Waals surface area contributed by atoms with Crippen molar-refractivity contribution in [3.8, 4) is 0 Å². The topological polar surface area (TPSA) is 86.4 Å². The van der Waals surface area contributed by atoms with Crippen LogP contribution in [0.5, 0.6) is 0 Å². The first-order valence-corrected chi connectivity index (χ1v) is 9.47. The Labute approximate surface area is 138 Å². The number of amides is 1. The Morgan fingerprint density at radius 3 is 2.48 bits per heavy atom. The van der Waals surface area contributed by atoms with Gasteiger partial charge in [0.1, 0.15) is 4.90 Å². The number of aromatic nitrogens is 2. The second-order valence-electron chi connectivity index (χ2n) is 6.50. The van der Waals surface area contributed by atoms with Gasteiger partial charge in [-0.1, -0.05) is 13.8 Å². The van der Waals surface area contributed by atoms with Crippen molar-refractivity contribution in [3.63, 3.8) is 0 Å². The monoisotopic (exact) mass is 342 g/mol. The third-order valence-corrected chi connectivity index (χ3v) is 6.21. The molecule has 1 amide bonds. The van der Waals surface area contributed by atoms with Gasteiger partial charge in [-0.05, 0) is 26.2 Å². The molecule has 0 radical (unpaired) electrons. The van der Waals surface area contributed by atoms with Gasteiger partial charge in [0, 0.05) is 32.6 Å². The molecule has 2 rings (SSSR count). The molecule has 23 heavy (non-hydrogen) atoms. The van der Waals surface area contributed by atoms with Crippen LogP contribution in [0.2, 0.25) is 0 Å². The molecule has 0 aromatic carbocycles. The largest absolute Gasteiger partial charge is 0.341 e. The molecule has 1 aliphatic rings. The maximum Gasteiger partial charge on any atom is 0.246 e. The number of carbonyl (C=O) groups is 1. The summed E-state index contributed by atoms with van der Waals surface area (Å²) in [5.74, 6) is 0.414.